The zero-order chi connectivity index (χ0) is 54.1. The van der Waals surface area contributed by atoms with Gasteiger partial charge in [0.15, 0.2) is 0 Å². The van der Waals surface area contributed by atoms with Crippen LogP contribution < -0.4 is 4.90 Å². The second kappa shape index (κ2) is 19.5. The average molecular weight is 1050 g/mol. The fourth-order valence-electron chi connectivity index (χ4n) is 13.0. The van der Waals surface area contributed by atoms with Gasteiger partial charge in [0.05, 0.1) is 44.5 Å². The number of benzene rings is 13. The summed E-state index contributed by atoms with van der Waals surface area (Å²) in [6, 6.07) is 116. The third kappa shape index (κ3) is 7.68. The first-order valence-electron chi connectivity index (χ1n) is 28.2. The molecule has 3 aromatic heterocycles. The van der Waals surface area contributed by atoms with E-state index >= 15 is 0 Å². The van der Waals surface area contributed by atoms with Crippen molar-refractivity contribution in [1.29, 1.82) is 0 Å². The van der Waals surface area contributed by atoms with E-state index in [-0.39, 0.29) is 0 Å². The molecule has 4 heteroatoms. The van der Waals surface area contributed by atoms with Crippen molar-refractivity contribution in [3.8, 4) is 61.6 Å². The van der Waals surface area contributed by atoms with Gasteiger partial charge in [0.2, 0.25) is 0 Å². The van der Waals surface area contributed by atoms with E-state index in [2.05, 4.69) is 334 Å². The summed E-state index contributed by atoms with van der Waals surface area (Å²) in [5.41, 5.74) is 22.4. The van der Waals surface area contributed by atoms with Gasteiger partial charge in [0, 0.05) is 66.2 Å². The third-order valence-corrected chi connectivity index (χ3v) is 16.6. The summed E-state index contributed by atoms with van der Waals surface area (Å²) in [7, 11) is 0. The van der Waals surface area contributed by atoms with Crippen LogP contribution >= 0.6 is 0 Å². The lowest BCUT2D eigenvalue weighted by Crippen LogP contribution is -2.14. The molecule has 384 valence electrons. The predicted molar refractivity (Wildman–Crippen MR) is 346 cm³/mol. The average Bonchev–Trinajstić information content (AvgIpc) is 3.97. The lowest BCUT2D eigenvalue weighted by atomic mass is 9.91. The standard InChI is InChI=1S/C78H52N4/c1-5-24-53(25-6-1)55-28-21-30-57(48-55)63-40-23-41-64(58-31-22-29-56(49-58)54-26-7-2-8-27-54)77(63)79(61-46-47-75-69(50-61)67-38-15-17-42-71(67)80(75)59-32-9-3-10-33-59)62-51-70-68-39-16-18-43-72(68)81(60-34-11-4-12-35-60)78(70)76(52-62)82-73-44-19-13-36-65(73)66-37-14-20-45-74(66)82/h1-52H. The molecule has 82 heavy (non-hydrogen) atoms. The maximum atomic E-state index is 2.58. The maximum absolute atomic E-state index is 2.58. The molecule has 16 aromatic rings. The number of aromatic nitrogens is 3. The van der Waals surface area contributed by atoms with Crippen molar-refractivity contribution in [2.24, 2.45) is 0 Å². The number of fused-ring (bicyclic) bond motifs is 9. The van der Waals surface area contributed by atoms with Crippen molar-refractivity contribution in [1.82, 2.24) is 13.7 Å². The van der Waals surface area contributed by atoms with Crippen LogP contribution in [-0.2, 0) is 0 Å². The molecule has 0 aliphatic rings. The molecule has 13 aromatic carbocycles. The Balaban J connectivity index is 1.08. The largest absolute Gasteiger partial charge is 0.309 e. The number of hydrogen-bond donors (Lipinski definition) is 0. The SMILES string of the molecule is c1ccc(-c2cccc(-c3cccc(-c4cccc(-c5ccccc5)c4)c3N(c3ccc4c(c3)c3ccccc3n4-c3ccccc3)c3cc(-n4c5ccccc5c5ccccc54)c4c(c3)c3ccccc3n4-c3ccccc3)c2)cc1. The molecule has 0 saturated carbocycles. The zero-order valence-electron chi connectivity index (χ0n) is 44.8. The van der Waals surface area contributed by atoms with Gasteiger partial charge in [-0.1, -0.05) is 224 Å². The first-order chi connectivity index (χ1) is 40.7. The summed E-state index contributed by atoms with van der Waals surface area (Å²) in [6.07, 6.45) is 0. The molecule has 0 unspecified atom stereocenters. The molecule has 16 rings (SSSR count). The molecule has 0 fully saturated rings. The van der Waals surface area contributed by atoms with Crippen LogP contribution in [0.5, 0.6) is 0 Å². The van der Waals surface area contributed by atoms with Crippen LogP contribution in [0.1, 0.15) is 0 Å². The van der Waals surface area contributed by atoms with Crippen LogP contribution in [0.4, 0.5) is 17.1 Å². The highest BCUT2D eigenvalue weighted by atomic mass is 15.2. The van der Waals surface area contributed by atoms with Crippen LogP contribution in [0, 0.1) is 0 Å². The second-order valence-corrected chi connectivity index (χ2v) is 21.2. The van der Waals surface area contributed by atoms with E-state index in [1.807, 2.05) is 0 Å². The minimum absolute atomic E-state index is 1.03. The number of rotatable bonds is 10. The number of anilines is 3. The first-order valence-corrected chi connectivity index (χ1v) is 28.2. The minimum atomic E-state index is 1.03. The molecule has 0 aliphatic heterocycles. The monoisotopic (exact) mass is 1040 g/mol. The lowest BCUT2D eigenvalue weighted by Gasteiger charge is -2.31. The summed E-state index contributed by atoms with van der Waals surface area (Å²) in [5, 5.41) is 7.10. The molecule has 4 nitrogen and oxygen atoms in total. The van der Waals surface area contributed by atoms with E-state index in [0.29, 0.717) is 0 Å². The molecule has 0 saturated heterocycles. The summed E-state index contributed by atoms with van der Waals surface area (Å²) in [5.74, 6) is 0. The van der Waals surface area contributed by atoms with Gasteiger partial charge in [-0.3, -0.25) is 0 Å². The summed E-state index contributed by atoms with van der Waals surface area (Å²) >= 11 is 0. The Bertz CT molecular complexity index is 4930. The van der Waals surface area contributed by atoms with Crippen molar-refractivity contribution >= 4 is 82.5 Å². The van der Waals surface area contributed by atoms with E-state index in [4.69, 9.17) is 0 Å². The summed E-state index contributed by atoms with van der Waals surface area (Å²) < 4.78 is 7.40. The van der Waals surface area contributed by atoms with Gasteiger partial charge in [-0.2, -0.15) is 0 Å². The van der Waals surface area contributed by atoms with Gasteiger partial charge >= 0.3 is 0 Å². The molecule has 0 amide bonds. The van der Waals surface area contributed by atoms with E-state index < -0.39 is 0 Å². The molecular formula is C78H52N4. The first kappa shape index (κ1) is 47.1. The Morgan fingerprint density at radius 3 is 1.13 bits per heavy atom. The van der Waals surface area contributed by atoms with Crippen molar-refractivity contribution in [2.45, 2.75) is 0 Å². The zero-order valence-corrected chi connectivity index (χ0v) is 44.8. The molecular weight excluding hydrogens is 993 g/mol. The van der Waals surface area contributed by atoms with Crippen LogP contribution in [-0.4, -0.2) is 13.7 Å². The van der Waals surface area contributed by atoms with Gasteiger partial charge in [-0.25, -0.2) is 0 Å². The van der Waals surface area contributed by atoms with Crippen molar-refractivity contribution in [3.63, 3.8) is 0 Å². The van der Waals surface area contributed by atoms with Crippen molar-refractivity contribution in [3.05, 3.63) is 315 Å². The number of hydrogen-bond acceptors (Lipinski definition) is 1. The lowest BCUT2D eigenvalue weighted by molar-refractivity contribution is 1.13. The van der Waals surface area contributed by atoms with Gasteiger partial charge in [0.1, 0.15) is 0 Å². The van der Waals surface area contributed by atoms with Crippen LogP contribution in [0.2, 0.25) is 0 Å². The van der Waals surface area contributed by atoms with Crippen LogP contribution in [0.25, 0.3) is 127 Å². The predicted octanol–water partition coefficient (Wildman–Crippen LogP) is 21.1. The summed E-state index contributed by atoms with van der Waals surface area (Å²) in [6.45, 7) is 0. The van der Waals surface area contributed by atoms with E-state index in [1.54, 1.807) is 0 Å². The molecule has 3 heterocycles. The Morgan fingerprint density at radius 2 is 0.598 bits per heavy atom. The Hall–Kier alpha value is -10.9. The van der Waals surface area contributed by atoms with Crippen molar-refractivity contribution in [2.75, 3.05) is 4.90 Å². The molecule has 0 N–H and O–H groups in total. The van der Waals surface area contributed by atoms with Crippen molar-refractivity contribution < 1.29 is 0 Å². The van der Waals surface area contributed by atoms with Gasteiger partial charge in [-0.15, -0.1) is 0 Å². The normalized spacial score (nSPS) is 11.7. The number of nitrogens with zero attached hydrogens (tertiary/aromatic N) is 4. The highest BCUT2D eigenvalue weighted by molar-refractivity contribution is 6.17. The van der Waals surface area contributed by atoms with E-state index in [0.717, 1.165) is 106 Å². The van der Waals surface area contributed by atoms with Crippen LogP contribution in [0.3, 0.4) is 0 Å². The topological polar surface area (TPSA) is 18.0 Å². The molecule has 0 radical (unpaired) electrons. The quantitative estimate of drug-likeness (QED) is 0.133. The van der Waals surface area contributed by atoms with Gasteiger partial charge in [-0.05, 0) is 124 Å². The second-order valence-electron chi connectivity index (χ2n) is 21.2. The molecule has 0 spiro atoms. The smallest absolute Gasteiger partial charge is 0.0784 e. The molecule has 0 atom stereocenters. The summed E-state index contributed by atoms with van der Waals surface area (Å²) in [4.78, 5) is 2.58. The van der Waals surface area contributed by atoms with Gasteiger partial charge < -0.3 is 18.6 Å². The van der Waals surface area contributed by atoms with E-state index in [9.17, 15) is 0 Å². The Kier molecular flexibility index (Phi) is 11.2. The minimum Gasteiger partial charge on any atom is -0.309 e. The maximum Gasteiger partial charge on any atom is 0.0784 e. The fourth-order valence-corrected chi connectivity index (χ4v) is 13.0. The molecule has 0 bridgehead atoms. The molecule has 0 aliphatic carbocycles. The number of para-hydroxylation sites is 7. The fraction of sp³-hybridized carbons (Fsp3) is 0. The van der Waals surface area contributed by atoms with E-state index in [1.165, 1.54) is 38.1 Å². The van der Waals surface area contributed by atoms with Gasteiger partial charge in [0.25, 0.3) is 0 Å². The third-order valence-electron chi connectivity index (χ3n) is 16.6. The van der Waals surface area contributed by atoms with Crippen LogP contribution in [0.15, 0.2) is 315 Å². The highest BCUT2D eigenvalue weighted by Gasteiger charge is 2.28. The Labute approximate surface area is 475 Å². The highest BCUT2D eigenvalue weighted by Crippen LogP contribution is 2.51. The Morgan fingerprint density at radius 1 is 0.220 bits per heavy atom.